The van der Waals surface area contributed by atoms with E-state index in [2.05, 4.69) is 5.10 Å². The van der Waals surface area contributed by atoms with Crippen LogP contribution in [-0.4, -0.2) is 22.7 Å². The molecule has 0 N–H and O–H groups in total. The molecule has 0 aromatic carbocycles. The molecule has 0 aliphatic carbocycles. The first kappa shape index (κ1) is 10.2. The minimum Gasteiger partial charge on any atom is -0.273 e. The van der Waals surface area contributed by atoms with Gasteiger partial charge in [0.25, 0.3) is 0 Å². The van der Waals surface area contributed by atoms with Gasteiger partial charge in [0.05, 0.1) is 5.54 Å². The van der Waals surface area contributed by atoms with E-state index < -0.39 is 0 Å². The Balaban J connectivity index is 2.83. The molecule has 0 aromatic heterocycles. The molecule has 0 bridgehead atoms. The van der Waals surface area contributed by atoms with Crippen LogP contribution < -0.4 is 0 Å². The van der Waals surface area contributed by atoms with E-state index in [-0.39, 0.29) is 17.4 Å². The van der Waals surface area contributed by atoms with Crippen molar-refractivity contribution in [3.63, 3.8) is 0 Å². The second kappa shape index (κ2) is 3.48. The lowest BCUT2D eigenvalue weighted by atomic mass is 9.97. The first-order valence-electron chi connectivity index (χ1n) is 4.83. The summed E-state index contributed by atoms with van der Waals surface area (Å²) >= 11 is 0. The Bertz CT molecular complexity index is 228. The van der Waals surface area contributed by atoms with Crippen LogP contribution in [0.2, 0.25) is 0 Å². The fraction of sp³-hybridized carbons (Fsp3) is 0.800. The van der Waals surface area contributed by atoms with Crippen LogP contribution in [0.15, 0.2) is 5.10 Å². The molecule has 0 aromatic rings. The molecule has 1 atom stereocenters. The monoisotopic (exact) mass is 182 g/mol. The van der Waals surface area contributed by atoms with Gasteiger partial charge in [-0.15, -0.1) is 0 Å². The van der Waals surface area contributed by atoms with Crippen molar-refractivity contribution in [3.05, 3.63) is 0 Å². The van der Waals surface area contributed by atoms with E-state index in [4.69, 9.17) is 0 Å². The van der Waals surface area contributed by atoms with Crippen LogP contribution in [-0.2, 0) is 4.79 Å². The number of nitrogens with zero attached hydrogens (tertiary/aromatic N) is 2. The third-order valence-electron chi connectivity index (χ3n) is 2.27. The van der Waals surface area contributed by atoms with Crippen molar-refractivity contribution in [2.75, 3.05) is 0 Å². The highest BCUT2D eigenvalue weighted by molar-refractivity contribution is 5.85. The maximum Gasteiger partial charge on any atom is 0.246 e. The highest BCUT2D eigenvalue weighted by Crippen LogP contribution is 2.23. The standard InChI is InChI=1S/C10H18N2O/c1-5-8-6-7-11-12(9(8)13)10(2,3)4/h7-8H,5-6H2,1-4H3. The van der Waals surface area contributed by atoms with Gasteiger partial charge in [-0.3, -0.25) is 4.79 Å². The zero-order valence-corrected chi connectivity index (χ0v) is 8.87. The van der Waals surface area contributed by atoms with Crippen LogP contribution in [0.1, 0.15) is 40.5 Å². The van der Waals surface area contributed by atoms with Gasteiger partial charge < -0.3 is 0 Å². The molecule has 74 valence electrons. The summed E-state index contributed by atoms with van der Waals surface area (Å²) in [5, 5.41) is 5.74. The van der Waals surface area contributed by atoms with Gasteiger partial charge in [-0.25, -0.2) is 5.01 Å². The molecule has 0 spiro atoms. The van der Waals surface area contributed by atoms with Crippen LogP contribution in [0.3, 0.4) is 0 Å². The molecule has 1 unspecified atom stereocenters. The van der Waals surface area contributed by atoms with E-state index >= 15 is 0 Å². The average molecular weight is 182 g/mol. The second-order valence-electron chi connectivity index (χ2n) is 4.46. The number of carbonyl (C=O) groups excluding carboxylic acids is 1. The zero-order valence-electron chi connectivity index (χ0n) is 8.87. The minimum atomic E-state index is -0.193. The Kier molecular flexibility index (Phi) is 2.74. The van der Waals surface area contributed by atoms with Gasteiger partial charge in [0.2, 0.25) is 5.91 Å². The first-order chi connectivity index (χ1) is 5.96. The third kappa shape index (κ3) is 2.08. The SMILES string of the molecule is CCC1CC=NN(C(C)(C)C)C1=O. The summed E-state index contributed by atoms with van der Waals surface area (Å²) in [5.74, 6) is 0.300. The summed E-state index contributed by atoms with van der Waals surface area (Å²) in [6.07, 6.45) is 3.54. The molecule has 0 fully saturated rings. The Labute approximate surface area is 79.8 Å². The van der Waals surface area contributed by atoms with Crippen LogP contribution in [0.25, 0.3) is 0 Å². The lowest BCUT2D eigenvalue weighted by molar-refractivity contribution is -0.141. The van der Waals surface area contributed by atoms with Crippen molar-refractivity contribution in [2.45, 2.75) is 46.1 Å². The van der Waals surface area contributed by atoms with Crippen molar-refractivity contribution >= 4 is 12.1 Å². The summed E-state index contributed by atoms with van der Waals surface area (Å²) in [6, 6.07) is 0. The van der Waals surface area contributed by atoms with E-state index in [0.29, 0.717) is 0 Å². The molecule has 13 heavy (non-hydrogen) atoms. The van der Waals surface area contributed by atoms with Crippen LogP contribution in [0.4, 0.5) is 0 Å². The number of hydrogen-bond donors (Lipinski definition) is 0. The summed E-state index contributed by atoms with van der Waals surface area (Å²) in [4.78, 5) is 11.8. The van der Waals surface area contributed by atoms with E-state index in [0.717, 1.165) is 12.8 Å². The molecule has 3 heteroatoms. The number of hydrogen-bond acceptors (Lipinski definition) is 2. The van der Waals surface area contributed by atoms with E-state index in [9.17, 15) is 4.79 Å². The van der Waals surface area contributed by atoms with Gasteiger partial charge in [-0.1, -0.05) is 6.92 Å². The lowest BCUT2D eigenvalue weighted by Gasteiger charge is -2.35. The summed E-state index contributed by atoms with van der Waals surface area (Å²) < 4.78 is 0. The number of carbonyl (C=O) groups is 1. The molecule has 0 saturated heterocycles. The van der Waals surface area contributed by atoms with Gasteiger partial charge in [0, 0.05) is 12.1 Å². The maximum absolute atomic E-state index is 11.8. The van der Waals surface area contributed by atoms with Crippen molar-refractivity contribution in [2.24, 2.45) is 11.0 Å². The number of rotatable bonds is 1. The Morgan fingerprint density at radius 1 is 1.62 bits per heavy atom. The lowest BCUT2D eigenvalue weighted by Crippen LogP contribution is -2.46. The highest BCUT2D eigenvalue weighted by Gasteiger charge is 2.32. The van der Waals surface area contributed by atoms with Crippen LogP contribution in [0, 0.1) is 5.92 Å². The second-order valence-corrected chi connectivity index (χ2v) is 4.46. The predicted molar refractivity (Wildman–Crippen MR) is 53.5 cm³/mol. The molecule has 1 heterocycles. The Morgan fingerprint density at radius 3 is 2.69 bits per heavy atom. The third-order valence-corrected chi connectivity index (χ3v) is 2.27. The highest BCUT2D eigenvalue weighted by atomic mass is 16.2. The van der Waals surface area contributed by atoms with E-state index in [1.807, 2.05) is 33.9 Å². The molecular formula is C10H18N2O. The summed E-state index contributed by atoms with van der Waals surface area (Å²) in [7, 11) is 0. The van der Waals surface area contributed by atoms with Crippen molar-refractivity contribution in [1.29, 1.82) is 0 Å². The Hall–Kier alpha value is -0.860. The van der Waals surface area contributed by atoms with Gasteiger partial charge in [0.1, 0.15) is 0 Å². The molecule has 1 aliphatic heterocycles. The molecule has 3 nitrogen and oxygen atoms in total. The summed E-state index contributed by atoms with van der Waals surface area (Å²) in [5.41, 5.74) is -0.193. The predicted octanol–water partition coefficient (Wildman–Crippen LogP) is 2.03. The molecular weight excluding hydrogens is 164 g/mol. The van der Waals surface area contributed by atoms with Crippen molar-refractivity contribution in [1.82, 2.24) is 5.01 Å². The normalized spacial score (nSPS) is 23.8. The molecule has 1 amide bonds. The van der Waals surface area contributed by atoms with Crippen LogP contribution in [0.5, 0.6) is 0 Å². The molecule has 1 aliphatic rings. The zero-order chi connectivity index (χ0) is 10.1. The average Bonchev–Trinajstić information content (AvgIpc) is 2.02. The van der Waals surface area contributed by atoms with Crippen LogP contribution >= 0.6 is 0 Å². The van der Waals surface area contributed by atoms with Crippen molar-refractivity contribution in [3.8, 4) is 0 Å². The summed E-state index contributed by atoms with van der Waals surface area (Å²) in [6.45, 7) is 8.05. The largest absolute Gasteiger partial charge is 0.273 e. The first-order valence-corrected chi connectivity index (χ1v) is 4.83. The molecule has 0 radical (unpaired) electrons. The van der Waals surface area contributed by atoms with Gasteiger partial charge in [-0.05, 0) is 33.6 Å². The minimum absolute atomic E-state index is 0.136. The molecule has 1 rings (SSSR count). The topological polar surface area (TPSA) is 32.7 Å². The fourth-order valence-electron chi connectivity index (χ4n) is 1.43. The fourth-order valence-corrected chi connectivity index (χ4v) is 1.43. The van der Waals surface area contributed by atoms with Gasteiger partial charge >= 0.3 is 0 Å². The molecule has 0 saturated carbocycles. The smallest absolute Gasteiger partial charge is 0.246 e. The Morgan fingerprint density at radius 2 is 2.23 bits per heavy atom. The van der Waals surface area contributed by atoms with Gasteiger partial charge in [0.15, 0.2) is 0 Å². The quantitative estimate of drug-likeness (QED) is 0.610. The van der Waals surface area contributed by atoms with E-state index in [1.165, 1.54) is 0 Å². The number of hydrazone groups is 1. The van der Waals surface area contributed by atoms with Crippen molar-refractivity contribution < 1.29 is 4.79 Å². The van der Waals surface area contributed by atoms with E-state index in [1.54, 1.807) is 5.01 Å². The van der Waals surface area contributed by atoms with Gasteiger partial charge in [-0.2, -0.15) is 5.10 Å². The number of amides is 1. The maximum atomic E-state index is 11.8.